The van der Waals surface area contributed by atoms with Crippen molar-refractivity contribution in [2.75, 3.05) is 20.1 Å². The van der Waals surface area contributed by atoms with Crippen LogP contribution in [-0.2, 0) is 0 Å². The minimum Gasteiger partial charge on any atom is -0.306 e. The molecular weight excluding hydrogens is 146 g/mol. The molecule has 1 rings (SSSR count). The smallest absolute Gasteiger partial charge is 0.000419 e. The zero-order chi connectivity index (χ0) is 6.85. The van der Waals surface area contributed by atoms with Crippen LogP contribution in [0.2, 0.25) is 0 Å². The third-order valence-electron chi connectivity index (χ3n) is 2.05. The predicted molar refractivity (Wildman–Crippen MR) is 47.7 cm³/mol. The van der Waals surface area contributed by atoms with Crippen molar-refractivity contribution in [3.8, 4) is 0 Å². The zero-order valence-electron chi connectivity index (χ0n) is 7.13. The van der Waals surface area contributed by atoms with Gasteiger partial charge >= 0.3 is 0 Å². The molecule has 0 N–H and O–H groups in total. The van der Waals surface area contributed by atoms with Gasteiger partial charge in [0.15, 0.2) is 0 Å². The summed E-state index contributed by atoms with van der Waals surface area (Å²) >= 11 is 0. The number of rotatable bonds is 0. The van der Waals surface area contributed by atoms with E-state index < -0.39 is 0 Å². The minimum absolute atomic E-state index is 0. The van der Waals surface area contributed by atoms with Gasteiger partial charge in [0.25, 0.3) is 0 Å². The molecule has 1 heterocycles. The summed E-state index contributed by atoms with van der Waals surface area (Å²) in [6, 6.07) is 0. The predicted octanol–water partition coefficient (Wildman–Crippen LogP) is 2.02. The summed E-state index contributed by atoms with van der Waals surface area (Å²) in [6.07, 6.45) is 1.42. The van der Waals surface area contributed by atoms with Crippen LogP contribution in [0.3, 0.4) is 0 Å². The molecule has 10 heavy (non-hydrogen) atoms. The highest BCUT2D eigenvalue weighted by Crippen LogP contribution is 2.18. The van der Waals surface area contributed by atoms with Crippen LogP contribution < -0.4 is 0 Å². The first kappa shape index (κ1) is 10.2. The molecule has 1 fully saturated rings. The summed E-state index contributed by atoms with van der Waals surface area (Å²) in [4.78, 5) is 2.43. The first-order chi connectivity index (χ1) is 4.18. The van der Waals surface area contributed by atoms with Crippen molar-refractivity contribution in [2.45, 2.75) is 20.3 Å². The Morgan fingerprint density at radius 1 is 1.10 bits per heavy atom. The highest BCUT2D eigenvalue weighted by molar-refractivity contribution is 5.85. The Labute approximate surface area is 70.2 Å². The average molecular weight is 164 g/mol. The van der Waals surface area contributed by atoms with Gasteiger partial charge < -0.3 is 4.90 Å². The molecule has 0 spiro atoms. The van der Waals surface area contributed by atoms with E-state index in [1.165, 1.54) is 19.5 Å². The lowest BCUT2D eigenvalue weighted by atomic mass is 9.92. The fraction of sp³-hybridized carbons (Fsp3) is 1.00. The topological polar surface area (TPSA) is 3.24 Å². The van der Waals surface area contributed by atoms with Crippen LogP contribution in [0.25, 0.3) is 0 Å². The molecule has 1 aliphatic heterocycles. The summed E-state index contributed by atoms with van der Waals surface area (Å²) in [5.41, 5.74) is 0. The molecule has 0 aromatic heterocycles. The Bertz CT molecular complexity index is 70.2. The third-order valence-corrected chi connectivity index (χ3v) is 2.05. The van der Waals surface area contributed by atoms with Gasteiger partial charge in [-0.3, -0.25) is 0 Å². The summed E-state index contributed by atoms with van der Waals surface area (Å²) in [6.45, 7) is 7.27. The highest BCUT2D eigenvalue weighted by atomic mass is 35.5. The molecule has 0 amide bonds. The lowest BCUT2D eigenvalue weighted by Crippen LogP contribution is -2.35. The minimum atomic E-state index is 0. The molecule has 1 nitrogen and oxygen atoms in total. The van der Waals surface area contributed by atoms with Crippen molar-refractivity contribution in [1.29, 1.82) is 0 Å². The fourth-order valence-corrected chi connectivity index (χ4v) is 1.97. The van der Waals surface area contributed by atoms with Gasteiger partial charge in [-0.15, -0.1) is 12.4 Å². The highest BCUT2D eigenvalue weighted by Gasteiger charge is 2.17. The average Bonchev–Trinajstić information content (AvgIpc) is 1.59. The summed E-state index contributed by atoms with van der Waals surface area (Å²) in [5.74, 6) is 1.83. The summed E-state index contributed by atoms with van der Waals surface area (Å²) in [5, 5.41) is 0. The normalized spacial score (nSPS) is 35.1. The van der Waals surface area contributed by atoms with Crippen LogP contribution in [0.5, 0.6) is 0 Å². The van der Waals surface area contributed by atoms with Crippen molar-refractivity contribution in [3.63, 3.8) is 0 Å². The van der Waals surface area contributed by atoms with Gasteiger partial charge in [-0.2, -0.15) is 0 Å². The quantitative estimate of drug-likeness (QED) is 0.528. The second-order valence-electron chi connectivity index (χ2n) is 3.67. The van der Waals surface area contributed by atoms with Gasteiger partial charge in [-0.1, -0.05) is 13.8 Å². The van der Waals surface area contributed by atoms with Crippen LogP contribution in [0.15, 0.2) is 0 Å². The van der Waals surface area contributed by atoms with Gasteiger partial charge in [0, 0.05) is 13.1 Å². The Morgan fingerprint density at radius 3 is 1.80 bits per heavy atom. The number of hydrogen-bond acceptors (Lipinski definition) is 1. The fourth-order valence-electron chi connectivity index (χ4n) is 1.97. The zero-order valence-corrected chi connectivity index (χ0v) is 7.95. The number of halogens is 1. The van der Waals surface area contributed by atoms with E-state index in [0.29, 0.717) is 0 Å². The number of hydrogen-bond donors (Lipinski definition) is 0. The van der Waals surface area contributed by atoms with E-state index in [4.69, 9.17) is 0 Å². The van der Waals surface area contributed by atoms with Crippen LogP contribution in [-0.4, -0.2) is 25.0 Å². The summed E-state index contributed by atoms with van der Waals surface area (Å²) in [7, 11) is 2.21. The molecule has 1 aliphatic rings. The van der Waals surface area contributed by atoms with Crippen molar-refractivity contribution in [2.24, 2.45) is 11.8 Å². The largest absolute Gasteiger partial charge is 0.306 e. The third kappa shape index (κ3) is 2.89. The maximum atomic E-state index is 2.43. The second-order valence-corrected chi connectivity index (χ2v) is 3.67. The van der Waals surface area contributed by atoms with Crippen molar-refractivity contribution < 1.29 is 0 Å². The van der Waals surface area contributed by atoms with Crippen LogP contribution in [0, 0.1) is 11.8 Å². The molecule has 0 unspecified atom stereocenters. The van der Waals surface area contributed by atoms with E-state index in [-0.39, 0.29) is 12.4 Å². The molecule has 2 atom stereocenters. The van der Waals surface area contributed by atoms with Crippen molar-refractivity contribution in [1.82, 2.24) is 4.90 Å². The van der Waals surface area contributed by atoms with Crippen LogP contribution in [0.1, 0.15) is 20.3 Å². The van der Waals surface area contributed by atoms with E-state index in [1.54, 1.807) is 0 Å². The van der Waals surface area contributed by atoms with Crippen molar-refractivity contribution >= 4 is 12.4 Å². The van der Waals surface area contributed by atoms with Crippen molar-refractivity contribution in [3.05, 3.63) is 0 Å². The molecule has 0 saturated carbocycles. The Balaban J connectivity index is 0.000000810. The maximum Gasteiger partial charge on any atom is 0.000419 e. The molecular formula is C8H18ClN. The molecule has 0 aromatic rings. The molecule has 0 bridgehead atoms. The van der Waals surface area contributed by atoms with Crippen LogP contribution >= 0.6 is 12.4 Å². The maximum absolute atomic E-state index is 2.43. The molecule has 0 radical (unpaired) electrons. The van der Waals surface area contributed by atoms with Gasteiger partial charge in [-0.05, 0) is 25.3 Å². The molecule has 1 saturated heterocycles. The first-order valence-corrected chi connectivity index (χ1v) is 3.87. The van der Waals surface area contributed by atoms with E-state index in [1.807, 2.05) is 0 Å². The van der Waals surface area contributed by atoms with E-state index >= 15 is 0 Å². The van der Waals surface area contributed by atoms with E-state index in [2.05, 4.69) is 25.8 Å². The Morgan fingerprint density at radius 2 is 1.50 bits per heavy atom. The van der Waals surface area contributed by atoms with Crippen LogP contribution in [0.4, 0.5) is 0 Å². The SMILES string of the molecule is C[C@@H]1C[C@H](C)CN(C)C1.Cl. The summed E-state index contributed by atoms with van der Waals surface area (Å²) < 4.78 is 0. The van der Waals surface area contributed by atoms with Gasteiger partial charge in [-0.25, -0.2) is 0 Å². The molecule has 62 valence electrons. The van der Waals surface area contributed by atoms with Gasteiger partial charge in [0.2, 0.25) is 0 Å². The lowest BCUT2D eigenvalue weighted by molar-refractivity contribution is 0.171. The van der Waals surface area contributed by atoms with E-state index in [0.717, 1.165) is 11.8 Å². The number of nitrogens with zero attached hydrogens (tertiary/aromatic N) is 1. The lowest BCUT2D eigenvalue weighted by Gasteiger charge is -2.31. The second kappa shape index (κ2) is 4.20. The molecule has 0 aromatic carbocycles. The monoisotopic (exact) mass is 163 g/mol. The molecule has 0 aliphatic carbocycles. The van der Waals surface area contributed by atoms with E-state index in [9.17, 15) is 0 Å². The van der Waals surface area contributed by atoms with Gasteiger partial charge in [0.05, 0.1) is 0 Å². The number of piperidine rings is 1. The van der Waals surface area contributed by atoms with Gasteiger partial charge in [0.1, 0.15) is 0 Å². The Hall–Kier alpha value is 0.250. The Kier molecular flexibility index (Phi) is 4.30. The molecule has 2 heteroatoms. The number of likely N-dealkylation sites (tertiary alicyclic amines) is 1. The first-order valence-electron chi connectivity index (χ1n) is 3.87. The standard InChI is InChI=1S/C8H17N.ClH/c1-7-4-8(2)6-9(3)5-7;/h7-8H,4-6H2,1-3H3;1H/t7-,8+;.